The molecule has 0 bridgehead atoms. The molecule has 0 radical (unpaired) electrons. The van der Waals surface area contributed by atoms with Gasteiger partial charge in [-0.15, -0.1) is 23.1 Å². The number of rotatable bonds is 3. The summed E-state index contributed by atoms with van der Waals surface area (Å²) in [6, 6.07) is 3.80. The molecule has 3 nitrogen and oxygen atoms in total. The molecule has 1 aromatic carbocycles. The van der Waals surface area contributed by atoms with Crippen molar-refractivity contribution in [2.24, 2.45) is 5.92 Å². The normalized spacial score (nSPS) is 18.1. The van der Waals surface area contributed by atoms with E-state index in [1.807, 2.05) is 6.92 Å². The van der Waals surface area contributed by atoms with Crippen molar-refractivity contribution >= 4 is 33.3 Å². The minimum atomic E-state index is -0.876. The molecule has 0 aliphatic heterocycles. The third kappa shape index (κ3) is 3.18. The summed E-state index contributed by atoms with van der Waals surface area (Å²) in [6.45, 7) is 4.13. The molecule has 3 aromatic rings. The summed E-state index contributed by atoms with van der Waals surface area (Å²) >= 11 is 2.95. The number of thioether (sulfide) groups is 1. The number of halogens is 2. The standard InChI is InChI=1S/C19H18F2N2OS2/c1-9-3-5-12-15(7-9)26-19-16(12)18(24)22-17(23-19)10(2)25-11-4-6-13(20)14(21)8-11/h4,6,8-10H,3,5,7H2,1-2H3,(H,22,23,24)/t9-,10-/m1/s1. The molecule has 136 valence electrons. The predicted molar refractivity (Wildman–Crippen MR) is 102 cm³/mol. The van der Waals surface area contributed by atoms with E-state index in [0.717, 1.165) is 41.1 Å². The van der Waals surface area contributed by atoms with Gasteiger partial charge in [-0.2, -0.15) is 0 Å². The molecule has 0 fully saturated rings. The first-order chi connectivity index (χ1) is 12.4. The Balaban J connectivity index is 1.68. The Morgan fingerprint density at radius 3 is 2.92 bits per heavy atom. The molecule has 0 saturated heterocycles. The fraction of sp³-hybridized carbons (Fsp3) is 0.368. The third-order valence-corrected chi connectivity index (χ3v) is 7.02. The minimum absolute atomic E-state index is 0.102. The van der Waals surface area contributed by atoms with Crippen molar-refractivity contribution in [1.29, 1.82) is 0 Å². The summed E-state index contributed by atoms with van der Waals surface area (Å²) < 4.78 is 26.5. The number of hydrogen-bond donors (Lipinski definition) is 1. The number of nitrogens with one attached hydrogen (secondary N) is 1. The number of H-pyrrole nitrogens is 1. The van der Waals surface area contributed by atoms with Gasteiger partial charge < -0.3 is 4.98 Å². The second kappa shape index (κ2) is 6.78. The highest BCUT2D eigenvalue weighted by Gasteiger charge is 2.24. The highest BCUT2D eigenvalue weighted by atomic mass is 32.2. The average molecular weight is 392 g/mol. The molecular formula is C19H18F2N2OS2. The zero-order chi connectivity index (χ0) is 18.4. The Bertz CT molecular complexity index is 1040. The van der Waals surface area contributed by atoms with Crippen molar-refractivity contribution in [3.63, 3.8) is 0 Å². The van der Waals surface area contributed by atoms with Crippen LogP contribution in [0.15, 0.2) is 27.9 Å². The predicted octanol–water partition coefficient (Wildman–Crippen LogP) is 5.24. The van der Waals surface area contributed by atoms with Crippen LogP contribution in [0.5, 0.6) is 0 Å². The zero-order valence-electron chi connectivity index (χ0n) is 14.4. The largest absolute Gasteiger partial charge is 0.309 e. The van der Waals surface area contributed by atoms with Crippen molar-refractivity contribution in [3.05, 3.63) is 56.5 Å². The quantitative estimate of drug-likeness (QED) is 0.620. The Hall–Kier alpha value is -1.73. The molecule has 2 atom stereocenters. The van der Waals surface area contributed by atoms with E-state index >= 15 is 0 Å². The third-order valence-electron chi connectivity index (χ3n) is 4.77. The van der Waals surface area contributed by atoms with Gasteiger partial charge in [0.1, 0.15) is 10.7 Å². The first-order valence-corrected chi connectivity index (χ1v) is 10.3. The maximum absolute atomic E-state index is 13.4. The maximum Gasteiger partial charge on any atom is 0.259 e. The molecule has 4 rings (SSSR count). The fourth-order valence-electron chi connectivity index (χ4n) is 3.37. The lowest BCUT2D eigenvalue weighted by Gasteiger charge is -2.17. The van der Waals surface area contributed by atoms with Gasteiger partial charge in [-0.05, 0) is 55.9 Å². The molecular weight excluding hydrogens is 374 g/mol. The minimum Gasteiger partial charge on any atom is -0.309 e. The summed E-state index contributed by atoms with van der Waals surface area (Å²) in [5.41, 5.74) is 1.05. The molecule has 1 aliphatic rings. The fourth-order valence-corrected chi connectivity index (χ4v) is 5.71. The van der Waals surface area contributed by atoms with E-state index in [-0.39, 0.29) is 10.8 Å². The summed E-state index contributed by atoms with van der Waals surface area (Å²) in [5.74, 6) is -0.548. The van der Waals surface area contributed by atoms with Crippen LogP contribution in [0.2, 0.25) is 0 Å². The van der Waals surface area contributed by atoms with Crippen molar-refractivity contribution in [3.8, 4) is 0 Å². The monoisotopic (exact) mass is 392 g/mol. The summed E-state index contributed by atoms with van der Waals surface area (Å²) in [6.07, 6.45) is 3.03. The molecule has 26 heavy (non-hydrogen) atoms. The van der Waals surface area contributed by atoms with Crippen molar-refractivity contribution in [2.45, 2.75) is 43.3 Å². The SMILES string of the molecule is C[C@@H]1CCc2c(sc3nc([C@@H](C)Sc4ccc(F)c(F)c4)[nH]c(=O)c23)C1. The van der Waals surface area contributed by atoms with E-state index in [1.165, 1.54) is 28.8 Å². The van der Waals surface area contributed by atoms with Gasteiger partial charge in [-0.3, -0.25) is 4.79 Å². The van der Waals surface area contributed by atoms with Crippen LogP contribution in [-0.4, -0.2) is 9.97 Å². The topological polar surface area (TPSA) is 45.8 Å². The molecule has 2 aromatic heterocycles. The van der Waals surface area contributed by atoms with Gasteiger partial charge in [0.15, 0.2) is 11.6 Å². The highest BCUT2D eigenvalue weighted by Crippen LogP contribution is 2.38. The first-order valence-electron chi connectivity index (χ1n) is 8.58. The molecule has 2 heterocycles. The number of nitrogens with zero attached hydrogens (tertiary/aromatic N) is 1. The van der Waals surface area contributed by atoms with E-state index in [1.54, 1.807) is 11.3 Å². The van der Waals surface area contributed by atoms with Crippen LogP contribution in [0.25, 0.3) is 10.2 Å². The number of hydrogen-bond acceptors (Lipinski definition) is 4. The Labute approximate surface area is 157 Å². The lowest BCUT2D eigenvalue weighted by molar-refractivity contribution is 0.506. The van der Waals surface area contributed by atoms with Crippen LogP contribution in [-0.2, 0) is 12.8 Å². The molecule has 0 amide bonds. The smallest absolute Gasteiger partial charge is 0.259 e. The summed E-state index contributed by atoms with van der Waals surface area (Å²) in [5, 5.41) is 0.542. The number of fused-ring (bicyclic) bond motifs is 3. The van der Waals surface area contributed by atoms with Gasteiger partial charge in [0.25, 0.3) is 5.56 Å². The van der Waals surface area contributed by atoms with Crippen LogP contribution in [0.1, 0.15) is 41.8 Å². The molecule has 0 unspecified atom stereocenters. The number of aromatic nitrogens is 2. The Kier molecular flexibility index (Phi) is 4.61. The van der Waals surface area contributed by atoms with Crippen LogP contribution in [0.4, 0.5) is 8.78 Å². The lowest BCUT2D eigenvalue weighted by Crippen LogP contribution is -2.15. The Morgan fingerprint density at radius 1 is 1.35 bits per heavy atom. The van der Waals surface area contributed by atoms with Gasteiger partial charge in [-0.25, -0.2) is 13.8 Å². The van der Waals surface area contributed by atoms with Gasteiger partial charge in [0, 0.05) is 9.77 Å². The van der Waals surface area contributed by atoms with Gasteiger partial charge in [-0.1, -0.05) is 6.92 Å². The van der Waals surface area contributed by atoms with Gasteiger partial charge >= 0.3 is 0 Å². The number of aryl methyl sites for hydroxylation is 1. The van der Waals surface area contributed by atoms with E-state index in [9.17, 15) is 13.6 Å². The highest BCUT2D eigenvalue weighted by molar-refractivity contribution is 7.99. The molecule has 7 heteroatoms. The molecule has 0 spiro atoms. The van der Waals surface area contributed by atoms with E-state index in [0.29, 0.717) is 16.6 Å². The number of aromatic amines is 1. The lowest BCUT2D eigenvalue weighted by atomic mass is 9.89. The van der Waals surface area contributed by atoms with Gasteiger partial charge in [0.05, 0.1) is 10.6 Å². The Morgan fingerprint density at radius 2 is 2.15 bits per heavy atom. The number of benzene rings is 1. The average Bonchev–Trinajstić information content (AvgIpc) is 2.95. The molecule has 1 aliphatic carbocycles. The van der Waals surface area contributed by atoms with Crippen molar-refractivity contribution in [2.75, 3.05) is 0 Å². The first kappa shape index (κ1) is 17.7. The van der Waals surface area contributed by atoms with Crippen LogP contribution < -0.4 is 5.56 Å². The zero-order valence-corrected chi connectivity index (χ0v) is 16.1. The maximum atomic E-state index is 13.4. The van der Waals surface area contributed by atoms with E-state index < -0.39 is 11.6 Å². The van der Waals surface area contributed by atoms with E-state index in [4.69, 9.17) is 0 Å². The number of thiophene rings is 1. The van der Waals surface area contributed by atoms with Crippen LogP contribution in [0, 0.1) is 17.6 Å². The molecule has 1 N–H and O–H groups in total. The van der Waals surface area contributed by atoms with Gasteiger partial charge in [0.2, 0.25) is 0 Å². The van der Waals surface area contributed by atoms with E-state index in [2.05, 4.69) is 16.9 Å². The summed E-state index contributed by atoms with van der Waals surface area (Å²) in [7, 11) is 0. The van der Waals surface area contributed by atoms with Crippen molar-refractivity contribution in [1.82, 2.24) is 9.97 Å². The summed E-state index contributed by atoms with van der Waals surface area (Å²) in [4.78, 5) is 22.9. The second-order valence-electron chi connectivity index (χ2n) is 6.82. The second-order valence-corrected chi connectivity index (χ2v) is 9.32. The van der Waals surface area contributed by atoms with Crippen molar-refractivity contribution < 1.29 is 8.78 Å². The molecule has 0 saturated carbocycles. The van der Waals surface area contributed by atoms with Crippen LogP contribution in [0.3, 0.4) is 0 Å². The van der Waals surface area contributed by atoms with Crippen LogP contribution >= 0.6 is 23.1 Å².